The highest BCUT2D eigenvalue weighted by molar-refractivity contribution is 5.93. The molecule has 4 nitrogen and oxygen atoms in total. The summed E-state index contributed by atoms with van der Waals surface area (Å²) in [4.78, 5) is 11.5. The number of allylic oxidation sites excluding steroid dienone is 1. The van der Waals surface area contributed by atoms with E-state index in [9.17, 15) is 4.79 Å². The normalized spacial score (nSPS) is 9.38. The van der Waals surface area contributed by atoms with Crippen LogP contribution in [-0.2, 0) is 14.3 Å². The molecule has 0 aromatic carbocycles. The van der Waals surface area contributed by atoms with E-state index >= 15 is 0 Å². The fourth-order valence-electron chi connectivity index (χ4n) is 1.28. The Morgan fingerprint density at radius 1 is 1.19 bits per heavy atom. The van der Waals surface area contributed by atoms with E-state index in [1.54, 1.807) is 0 Å². The van der Waals surface area contributed by atoms with E-state index in [-0.39, 0.29) is 12.2 Å². The molecule has 16 heavy (non-hydrogen) atoms. The average Bonchev–Trinajstić information content (AvgIpc) is 2.31. The first-order valence-electron chi connectivity index (χ1n) is 5.58. The van der Waals surface area contributed by atoms with E-state index in [0.29, 0.717) is 26.1 Å². The van der Waals surface area contributed by atoms with Crippen molar-refractivity contribution >= 4 is 5.97 Å². The van der Waals surface area contributed by atoms with E-state index in [2.05, 4.69) is 0 Å². The number of rotatable bonds is 7. The Labute approximate surface area is 96.8 Å². The van der Waals surface area contributed by atoms with Crippen LogP contribution in [0, 0.1) is 11.3 Å². The van der Waals surface area contributed by atoms with Crippen molar-refractivity contribution in [3.63, 3.8) is 0 Å². The van der Waals surface area contributed by atoms with Crippen LogP contribution < -0.4 is 0 Å². The molecule has 0 aromatic rings. The topological polar surface area (TPSA) is 59.3 Å². The Morgan fingerprint density at radius 2 is 1.81 bits per heavy atom. The summed E-state index contributed by atoms with van der Waals surface area (Å²) >= 11 is 0. The summed E-state index contributed by atoms with van der Waals surface area (Å²) in [5.41, 5.74) is 0.977. The van der Waals surface area contributed by atoms with Gasteiger partial charge in [-0.3, -0.25) is 0 Å². The second-order valence-corrected chi connectivity index (χ2v) is 3.13. The smallest absolute Gasteiger partial charge is 0.348 e. The van der Waals surface area contributed by atoms with Gasteiger partial charge in [0.15, 0.2) is 0 Å². The minimum Gasteiger partial charge on any atom is -0.459 e. The van der Waals surface area contributed by atoms with Crippen LogP contribution in [0.5, 0.6) is 0 Å². The highest BCUT2D eigenvalue weighted by atomic mass is 16.6. The predicted molar refractivity (Wildman–Crippen MR) is 60.7 cm³/mol. The van der Waals surface area contributed by atoms with Crippen molar-refractivity contribution in [1.29, 1.82) is 5.26 Å². The van der Waals surface area contributed by atoms with Crippen molar-refractivity contribution < 1.29 is 14.3 Å². The number of hydrogen-bond donors (Lipinski definition) is 0. The fourth-order valence-corrected chi connectivity index (χ4v) is 1.28. The lowest BCUT2D eigenvalue weighted by Crippen LogP contribution is -2.13. The molecule has 0 saturated heterocycles. The number of hydrogen-bond acceptors (Lipinski definition) is 4. The molecule has 0 rings (SSSR count). The highest BCUT2D eigenvalue weighted by Gasteiger charge is 2.14. The van der Waals surface area contributed by atoms with Crippen LogP contribution >= 0.6 is 0 Å². The van der Waals surface area contributed by atoms with Crippen molar-refractivity contribution in [2.45, 2.75) is 33.6 Å². The number of esters is 1. The van der Waals surface area contributed by atoms with Gasteiger partial charge in [0.2, 0.25) is 0 Å². The summed E-state index contributed by atoms with van der Waals surface area (Å²) in [6.07, 6.45) is 1.39. The zero-order valence-electron chi connectivity index (χ0n) is 10.2. The van der Waals surface area contributed by atoms with Gasteiger partial charge >= 0.3 is 5.97 Å². The maximum atomic E-state index is 11.5. The zero-order chi connectivity index (χ0) is 12.4. The maximum absolute atomic E-state index is 11.5. The predicted octanol–water partition coefficient (Wildman–Crippen LogP) is 2.21. The fraction of sp³-hybridized carbons (Fsp3) is 0.667. The highest BCUT2D eigenvalue weighted by Crippen LogP contribution is 2.13. The molecular weight excluding hydrogens is 206 g/mol. The Bertz CT molecular complexity index is 283. The van der Waals surface area contributed by atoms with Gasteiger partial charge in [0.05, 0.1) is 6.61 Å². The minimum atomic E-state index is -0.541. The van der Waals surface area contributed by atoms with Crippen molar-refractivity contribution in [1.82, 2.24) is 0 Å². The lowest BCUT2D eigenvalue weighted by molar-refractivity contribution is -0.140. The summed E-state index contributed by atoms with van der Waals surface area (Å²) in [7, 11) is 0. The monoisotopic (exact) mass is 225 g/mol. The van der Waals surface area contributed by atoms with Gasteiger partial charge in [-0.1, -0.05) is 13.8 Å². The van der Waals surface area contributed by atoms with E-state index in [1.807, 2.05) is 26.8 Å². The lowest BCUT2D eigenvalue weighted by atomic mass is 10.0. The molecule has 0 heterocycles. The Hall–Kier alpha value is -1.34. The number of nitriles is 1. The molecule has 4 heteroatoms. The molecule has 0 radical (unpaired) electrons. The molecule has 0 bridgehead atoms. The van der Waals surface area contributed by atoms with Gasteiger partial charge in [-0.25, -0.2) is 4.79 Å². The van der Waals surface area contributed by atoms with Crippen LogP contribution in [0.2, 0.25) is 0 Å². The van der Waals surface area contributed by atoms with Crippen LogP contribution in [0.1, 0.15) is 33.6 Å². The molecule has 0 aliphatic heterocycles. The second-order valence-electron chi connectivity index (χ2n) is 3.13. The third-order valence-corrected chi connectivity index (χ3v) is 2.19. The Balaban J connectivity index is 4.33. The Kier molecular flexibility index (Phi) is 8.18. The molecule has 0 aliphatic rings. The summed E-state index contributed by atoms with van der Waals surface area (Å²) < 4.78 is 9.97. The van der Waals surface area contributed by atoms with Crippen LogP contribution in [0.25, 0.3) is 0 Å². The molecule has 0 unspecified atom stereocenters. The lowest BCUT2D eigenvalue weighted by Gasteiger charge is -2.07. The second kappa shape index (κ2) is 8.93. The summed E-state index contributed by atoms with van der Waals surface area (Å²) in [5.74, 6) is -0.541. The molecule has 0 aliphatic carbocycles. The average molecular weight is 225 g/mol. The molecule has 0 atom stereocenters. The van der Waals surface area contributed by atoms with Crippen molar-refractivity contribution in [3.8, 4) is 6.07 Å². The first-order valence-corrected chi connectivity index (χ1v) is 5.58. The molecule has 0 fully saturated rings. The van der Waals surface area contributed by atoms with Crippen LogP contribution in [-0.4, -0.2) is 25.8 Å². The van der Waals surface area contributed by atoms with Gasteiger partial charge in [0, 0.05) is 6.61 Å². The van der Waals surface area contributed by atoms with Gasteiger partial charge in [0.1, 0.15) is 18.2 Å². The largest absolute Gasteiger partial charge is 0.459 e. The van der Waals surface area contributed by atoms with Crippen LogP contribution in [0.4, 0.5) is 0 Å². The van der Waals surface area contributed by atoms with E-state index in [0.717, 1.165) is 5.57 Å². The zero-order valence-corrected chi connectivity index (χ0v) is 10.2. The molecule has 0 N–H and O–H groups in total. The molecule has 0 aromatic heterocycles. The van der Waals surface area contributed by atoms with E-state index in [4.69, 9.17) is 14.7 Å². The SMILES string of the molecule is CCOCCOC(=O)C(C#N)=C(CC)CC. The van der Waals surface area contributed by atoms with Crippen molar-refractivity contribution in [2.75, 3.05) is 19.8 Å². The van der Waals surface area contributed by atoms with Crippen molar-refractivity contribution in [2.24, 2.45) is 0 Å². The summed E-state index contributed by atoms with van der Waals surface area (Å²) in [5, 5.41) is 8.89. The van der Waals surface area contributed by atoms with Crippen LogP contribution in [0.15, 0.2) is 11.1 Å². The third-order valence-electron chi connectivity index (χ3n) is 2.19. The molecule has 0 spiro atoms. The third kappa shape index (κ3) is 4.94. The van der Waals surface area contributed by atoms with Gasteiger partial charge in [-0.15, -0.1) is 0 Å². The number of nitrogens with zero attached hydrogens (tertiary/aromatic N) is 1. The maximum Gasteiger partial charge on any atom is 0.348 e. The van der Waals surface area contributed by atoms with Crippen LogP contribution in [0.3, 0.4) is 0 Å². The summed E-state index contributed by atoms with van der Waals surface area (Å²) in [6, 6.07) is 1.91. The first kappa shape index (κ1) is 14.7. The number of carbonyl (C=O) groups excluding carboxylic acids is 1. The molecule has 0 amide bonds. The summed E-state index contributed by atoms with van der Waals surface area (Å²) in [6.45, 7) is 6.86. The molecular formula is C12H19NO3. The van der Waals surface area contributed by atoms with Gasteiger partial charge in [0.25, 0.3) is 0 Å². The molecule has 0 saturated carbocycles. The Morgan fingerprint density at radius 3 is 2.25 bits per heavy atom. The van der Waals surface area contributed by atoms with Gasteiger partial charge < -0.3 is 9.47 Å². The number of ether oxygens (including phenoxy) is 2. The van der Waals surface area contributed by atoms with Gasteiger partial charge in [-0.2, -0.15) is 5.26 Å². The minimum absolute atomic E-state index is 0.140. The quantitative estimate of drug-likeness (QED) is 0.288. The first-order chi connectivity index (χ1) is 7.71. The van der Waals surface area contributed by atoms with Gasteiger partial charge in [-0.05, 0) is 25.3 Å². The standard InChI is InChI=1S/C12H19NO3/c1-4-10(5-2)11(9-13)12(14)16-8-7-15-6-3/h4-8H2,1-3H3. The van der Waals surface area contributed by atoms with E-state index < -0.39 is 5.97 Å². The van der Waals surface area contributed by atoms with E-state index in [1.165, 1.54) is 0 Å². The number of carbonyl (C=O) groups is 1. The van der Waals surface area contributed by atoms with Crippen molar-refractivity contribution in [3.05, 3.63) is 11.1 Å². The molecule has 90 valence electrons.